The molecule has 0 saturated heterocycles. The fourth-order valence-electron chi connectivity index (χ4n) is 3.36. The van der Waals surface area contributed by atoms with E-state index in [1.165, 1.54) is 6.20 Å². The number of hydrogen-bond donors (Lipinski definition) is 0. The molecule has 0 atom stereocenters. The molecule has 0 amide bonds. The van der Waals surface area contributed by atoms with Gasteiger partial charge in [0.25, 0.3) is 0 Å². The summed E-state index contributed by atoms with van der Waals surface area (Å²) in [6.45, 7) is 1.67. The van der Waals surface area contributed by atoms with E-state index in [-0.39, 0.29) is 18.1 Å². The minimum absolute atomic E-state index is 0.151. The third kappa shape index (κ3) is 5.56. The Morgan fingerprint density at radius 3 is 2.09 bits per heavy atom. The second kappa shape index (κ2) is 10.7. The number of nitrogens with zero attached hydrogens (tertiary/aromatic N) is 5. The summed E-state index contributed by atoms with van der Waals surface area (Å²) in [5.41, 5.74) is 1.65. The lowest BCUT2D eigenvalue weighted by Crippen LogP contribution is -2.15. The third-order valence-electron chi connectivity index (χ3n) is 5.00. The molecule has 4 rings (SSSR count). The molecule has 0 fully saturated rings. The average Bonchev–Trinajstić information content (AvgIpc) is 3.52. The number of aryl methyl sites for hydroxylation is 1. The second-order valence-corrected chi connectivity index (χ2v) is 7.03. The molecule has 0 aliphatic carbocycles. The van der Waals surface area contributed by atoms with E-state index >= 15 is 0 Å². The molecule has 0 aliphatic heterocycles. The molecule has 0 unspecified atom stereocenters. The first-order valence-electron chi connectivity index (χ1n) is 10.2. The van der Waals surface area contributed by atoms with Crippen molar-refractivity contribution in [2.75, 3.05) is 14.2 Å². The first-order chi connectivity index (χ1) is 16.7. The van der Waals surface area contributed by atoms with Crippen LogP contribution in [-0.2, 0) is 22.2 Å². The minimum atomic E-state index is -4.50. The number of methoxy groups -OCH3 is 2. The number of rotatable bonds is 6. The Hall–Kier alpha value is -4.44. The van der Waals surface area contributed by atoms with Crippen LogP contribution in [-0.4, -0.2) is 45.1 Å². The number of halogens is 3. The molecule has 2 aromatic carbocycles. The summed E-state index contributed by atoms with van der Waals surface area (Å²) in [5.74, 6) is 1.21. The number of alkyl halides is 3. The van der Waals surface area contributed by atoms with E-state index in [0.29, 0.717) is 34.1 Å². The van der Waals surface area contributed by atoms with Crippen LogP contribution >= 0.6 is 0 Å². The van der Waals surface area contributed by atoms with Crippen molar-refractivity contribution in [3.05, 3.63) is 66.1 Å². The Bertz CT molecular complexity index is 1300. The Kier molecular flexibility index (Phi) is 7.67. The van der Waals surface area contributed by atoms with E-state index in [4.69, 9.17) is 19.1 Å². The quantitative estimate of drug-likeness (QED) is 0.403. The molecule has 0 saturated carbocycles. The minimum Gasteiger partial charge on any atom is -0.497 e. The highest BCUT2D eigenvalue weighted by atomic mass is 19.4. The van der Waals surface area contributed by atoms with Crippen molar-refractivity contribution < 1.29 is 32.2 Å². The highest BCUT2D eigenvalue weighted by molar-refractivity contribution is 5.60. The predicted molar refractivity (Wildman–Crippen MR) is 116 cm³/mol. The number of hydrogen-bond acceptors (Lipinski definition) is 7. The molecule has 12 heteroatoms. The zero-order valence-electron chi connectivity index (χ0n) is 18.9. The van der Waals surface area contributed by atoms with E-state index < -0.39 is 11.9 Å². The van der Waals surface area contributed by atoms with Crippen LogP contribution in [0.5, 0.6) is 11.5 Å². The fourth-order valence-corrected chi connectivity index (χ4v) is 3.36. The van der Waals surface area contributed by atoms with Crippen molar-refractivity contribution in [2.24, 2.45) is 0 Å². The zero-order valence-corrected chi connectivity index (χ0v) is 18.9. The van der Waals surface area contributed by atoms with Gasteiger partial charge in [-0.15, -0.1) is 5.10 Å². The summed E-state index contributed by atoms with van der Waals surface area (Å²) in [7, 11) is 3.11. The van der Waals surface area contributed by atoms with Crippen LogP contribution < -0.4 is 9.47 Å². The number of benzene rings is 2. The summed E-state index contributed by atoms with van der Waals surface area (Å²) < 4.78 is 53.6. The van der Waals surface area contributed by atoms with Gasteiger partial charge in [-0.3, -0.25) is 0 Å². The SMILES string of the molecule is CCc1cnn(-c2ccc(-c3cn(-c4cc(OC)cc(OC)c4)nn3)cc2)c1C(F)(F)F.O=C=O. The van der Waals surface area contributed by atoms with Crippen molar-refractivity contribution in [2.45, 2.75) is 19.5 Å². The van der Waals surface area contributed by atoms with Gasteiger partial charge in [-0.2, -0.15) is 27.9 Å². The first-order valence-corrected chi connectivity index (χ1v) is 10.2. The van der Waals surface area contributed by atoms with Crippen molar-refractivity contribution >= 4 is 6.15 Å². The van der Waals surface area contributed by atoms with Gasteiger partial charge in [0.15, 0.2) is 5.69 Å². The largest absolute Gasteiger partial charge is 0.497 e. The van der Waals surface area contributed by atoms with Crippen molar-refractivity contribution in [1.82, 2.24) is 24.8 Å². The molecule has 2 aromatic heterocycles. The lowest BCUT2D eigenvalue weighted by molar-refractivity contribution is -0.191. The topological polar surface area (TPSA) is 101 Å². The maximum atomic E-state index is 13.5. The third-order valence-corrected chi connectivity index (χ3v) is 5.00. The Balaban J connectivity index is 0.00000108. The Morgan fingerprint density at radius 2 is 1.57 bits per heavy atom. The van der Waals surface area contributed by atoms with Crippen LogP contribution in [0, 0.1) is 0 Å². The van der Waals surface area contributed by atoms with Crippen molar-refractivity contribution in [3.63, 3.8) is 0 Å². The van der Waals surface area contributed by atoms with Gasteiger partial charge in [-0.1, -0.05) is 24.3 Å². The van der Waals surface area contributed by atoms with E-state index in [2.05, 4.69) is 15.4 Å². The zero-order chi connectivity index (χ0) is 25.6. The summed E-state index contributed by atoms with van der Waals surface area (Å²) in [6, 6.07) is 11.8. The maximum absolute atomic E-state index is 13.5. The van der Waals surface area contributed by atoms with Crippen LogP contribution in [0.25, 0.3) is 22.6 Å². The van der Waals surface area contributed by atoms with Crippen LogP contribution in [0.15, 0.2) is 54.9 Å². The van der Waals surface area contributed by atoms with Crippen LogP contribution in [0.2, 0.25) is 0 Å². The Morgan fingerprint density at radius 1 is 0.971 bits per heavy atom. The lowest BCUT2D eigenvalue weighted by Gasteiger charge is -2.12. The van der Waals surface area contributed by atoms with E-state index in [1.54, 1.807) is 74.5 Å². The fraction of sp³-hybridized carbons (Fsp3) is 0.217. The standard InChI is InChI=1S/C22H20F3N5O2.CO2/c1-4-14-12-26-30(21(14)22(23,24)25)16-7-5-15(6-8-16)20-13-29(28-27-20)17-9-18(31-2)11-19(10-17)32-3;2-1-3/h5-13H,4H2,1-3H3;. The molecule has 0 spiro atoms. The van der Waals surface area contributed by atoms with Crippen LogP contribution in [0.4, 0.5) is 13.2 Å². The predicted octanol–water partition coefficient (Wildman–Crippen LogP) is 4.13. The van der Waals surface area contributed by atoms with Gasteiger partial charge < -0.3 is 9.47 Å². The molecule has 35 heavy (non-hydrogen) atoms. The smallest absolute Gasteiger partial charge is 0.433 e. The summed E-state index contributed by atoms with van der Waals surface area (Å²) >= 11 is 0. The lowest BCUT2D eigenvalue weighted by atomic mass is 10.1. The first kappa shape index (κ1) is 25.2. The molecular formula is C23H20F3N5O4. The molecule has 4 aromatic rings. The average molecular weight is 487 g/mol. The summed E-state index contributed by atoms with van der Waals surface area (Å²) in [5, 5.41) is 12.3. The normalized spacial score (nSPS) is 10.8. The van der Waals surface area contributed by atoms with Crippen LogP contribution in [0.1, 0.15) is 18.2 Å². The second-order valence-electron chi connectivity index (χ2n) is 7.03. The molecule has 2 heterocycles. The van der Waals surface area contributed by atoms with Gasteiger partial charge in [0.2, 0.25) is 0 Å². The van der Waals surface area contributed by atoms with Gasteiger partial charge in [0.1, 0.15) is 17.2 Å². The molecule has 0 aliphatic rings. The molecule has 0 bridgehead atoms. The maximum Gasteiger partial charge on any atom is 0.433 e. The molecular weight excluding hydrogens is 467 g/mol. The highest BCUT2D eigenvalue weighted by Gasteiger charge is 2.38. The Labute approximate surface area is 197 Å². The molecule has 0 N–H and O–H groups in total. The van der Waals surface area contributed by atoms with Gasteiger partial charge >= 0.3 is 12.3 Å². The van der Waals surface area contributed by atoms with Gasteiger partial charge in [0.05, 0.1) is 38.0 Å². The van der Waals surface area contributed by atoms with E-state index in [0.717, 1.165) is 4.68 Å². The van der Waals surface area contributed by atoms with Gasteiger partial charge in [-0.25, -0.2) is 9.36 Å². The number of carbonyl (C=O) groups excluding carboxylic acids is 2. The summed E-state index contributed by atoms with van der Waals surface area (Å²) in [4.78, 5) is 16.2. The highest BCUT2D eigenvalue weighted by Crippen LogP contribution is 2.34. The van der Waals surface area contributed by atoms with Crippen molar-refractivity contribution in [1.29, 1.82) is 0 Å². The summed E-state index contributed by atoms with van der Waals surface area (Å²) in [6.07, 6.45) is -1.04. The van der Waals surface area contributed by atoms with E-state index in [1.807, 2.05) is 0 Å². The molecule has 182 valence electrons. The molecule has 0 radical (unpaired) electrons. The molecule has 9 nitrogen and oxygen atoms in total. The van der Waals surface area contributed by atoms with Gasteiger partial charge in [0, 0.05) is 29.3 Å². The number of aromatic nitrogens is 5. The van der Waals surface area contributed by atoms with E-state index in [9.17, 15) is 13.2 Å². The monoisotopic (exact) mass is 487 g/mol. The van der Waals surface area contributed by atoms with Crippen LogP contribution in [0.3, 0.4) is 0 Å². The number of ether oxygens (including phenoxy) is 2. The van der Waals surface area contributed by atoms with Gasteiger partial charge in [-0.05, 0) is 18.6 Å². The van der Waals surface area contributed by atoms with Crippen molar-refractivity contribution in [3.8, 4) is 34.1 Å².